The van der Waals surface area contributed by atoms with Crippen LogP contribution >= 0.6 is 0 Å². The number of carbonyl (C=O) groups excluding carboxylic acids is 2. The molecule has 0 amide bonds. The topological polar surface area (TPSA) is 89.5 Å². The first kappa shape index (κ1) is 37.3. The maximum Gasteiger partial charge on any atom is 0.337 e. The Morgan fingerprint density at radius 3 is 1.73 bits per heavy atom. The van der Waals surface area contributed by atoms with Crippen LogP contribution in [0.15, 0.2) is 24.0 Å². The molecule has 0 aliphatic carbocycles. The fourth-order valence-electron chi connectivity index (χ4n) is 2.61. The van der Waals surface area contributed by atoms with Crippen LogP contribution in [-0.4, -0.2) is 40.9 Å². The maximum absolute atomic E-state index is 11.7. The van der Waals surface area contributed by atoms with Crippen molar-refractivity contribution in [3.05, 3.63) is 24.0 Å². The zero-order valence-corrected chi connectivity index (χ0v) is 25.9. The van der Waals surface area contributed by atoms with Crippen LogP contribution in [0.3, 0.4) is 0 Å². The van der Waals surface area contributed by atoms with Gasteiger partial charge in [-0.15, -0.1) is 0 Å². The highest BCUT2D eigenvalue weighted by atomic mass is 17.2. The number of carbonyl (C=O) groups is 2. The van der Waals surface area contributed by atoms with E-state index < -0.39 is 5.60 Å². The number of rotatable bonds is 14. The van der Waals surface area contributed by atoms with Gasteiger partial charge in [0.05, 0.1) is 17.3 Å². The van der Waals surface area contributed by atoms with Crippen molar-refractivity contribution in [2.24, 2.45) is 5.92 Å². The molecule has 2 atom stereocenters. The second kappa shape index (κ2) is 16.8. The highest BCUT2D eigenvalue weighted by Gasteiger charge is 2.27. The van der Waals surface area contributed by atoms with E-state index in [-0.39, 0.29) is 35.3 Å². The lowest BCUT2D eigenvalue weighted by Gasteiger charge is -2.30. The van der Waals surface area contributed by atoms with Crippen molar-refractivity contribution < 1.29 is 38.6 Å². The fourth-order valence-corrected chi connectivity index (χ4v) is 2.61. The standard InChI is InChI=1S/C15H28O4.C14H26O4/c1-8-15(6,7)19-17-10-12(4)14(16)18-13(5)9-11(2)3;1-10(2)12(15)16-11(3)9-14(7,8)18-17-13(4,5)6/h10-11,13H,8-9H2,1-7H3;11H,1,9H2,2-8H3. The van der Waals surface area contributed by atoms with E-state index in [1.807, 2.05) is 69.2 Å². The highest BCUT2D eigenvalue weighted by molar-refractivity contribution is 5.87. The van der Waals surface area contributed by atoms with Gasteiger partial charge < -0.3 is 14.4 Å². The third-order valence-electron chi connectivity index (χ3n) is 4.74. The van der Waals surface area contributed by atoms with E-state index in [0.29, 0.717) is 23.5 Å². The van der Waals surface area contributed by atoms with E-state index in [2.05, 4.69) is 20.4 Å². The fraction of sp³-hybridized carbons (Fsp3) is 0.793. The largest absolute Gasteiger partial charge is 0.459 e. The molecule has 0 bridgehead atoms. The first-order valence-corrected chi connectivity index (χ1v) is 13.1. The molecule has 218 valence electrons. The Bertz CT molecular complexity index is 729. The van der Waals surface area contributed by atoms with Crippen LogP contribution in [0.5, 0.6) is 0 Å². The summed E-state index contributed by atoms with van der Waals surface area (Å²) < 4.78 is 10.5. The Morgan fingerprint density at radius 1 is 0.784 bits per heavy atom. The monoisotopic (exact) mass is 530 g/mol. The molecule has 0 spiro atoms. The molecule has 2 unspecified atom stereocenters. The van der Waals surface area contributed by atoms with Crippen LogP contribution in [0, 0.1) is 5.92 Å². The van der Waals surface area contributed by atoms with Crippen molar-refractivity contribution >= 4 is 11.9 Å². The van der Waals surface area contributed by atoms with Crippen molar-refractivity contribution in [1.29, 1.82) is 0 Å². The summed E-state index contributed by atoms with van der Waals surface area (Å²) in [7, 11) is 0. The van der Waals surface area contributed by atoms with Gasteiger partial charge in [-0.3, -0.25) is 0 Å². The quantitative estimate of drug-likeness (QED) is 0.0754. The lowest BCUT2D eigenvalue weighted by Crippen LogP contribution is -2.34. The van der Waals surface area contributed by atoms with E-state index in [1.54, 1.807) is 13.8 Å². The van der Waals surface area contributed by atoms with Gasteiger partial charge in [0.25, 0.3) is 0 Å². The van der Waals surface area contributed by atoms with Crippen molar-refractivity contribution in [2.45, 2.75) is 145 Å². The van der Waals surface area contributed by atoms with Crippen LogP contribution in [0.4, 0.5) is 0 Å². The van der Waals surface area contributed by atoms with Crippen LogP contribution in [0.1, 0.15) is 116 Å². The molecule has 0 aliphatic rings. The van der Waals surface area contributed by atoms with Gasteiger partial charge in [-0.2, -0.15) is 4.89 Å². The normalized spacial score (nSPS) is 14.3. The zero-order valence-electron chi connectivity index (χ0n) is 25.9. The molecule has 0 saturated heterocycles. The molecule has 0 saturated carbocycles. The molecule has 8 nitrogen and oxygen atoms in total. The molecule has 0 radical (unpaired) electrons. The molecule has 0 aromatic heterocycles. The Morgan fingerprint density at radius 2 is 1.30 bits per heavy atom. The van der Waals surface area contributed by atoms with E-state index in [1.165, 1.54) is 6.26 Å². The van der Waals surface area contributed by atoms with Gasteiger partial charge in [0.15, 0.2) is 0 Å². The van der Waals surface area contributed by atoms with Gasteiger partial charge in [-0.05, 0) is 94.9 Å². The van der Waals surface area contributed by atoms with Gasteiger partial charge in [-0.25, -0.2) is 19.4 Å². The Kier molecular flexibility index (Phi) is 17.0. The third kappa shape index (κ3) is 21.9. The number of hydrogen-bond acceptors (Lipinski definition) is 8. The average molecular weight is 531 g/mol. The lowest BCUT2D eigenvalue weighted by molar-refractivity contribution is -0.399. The van der Waals surface area contributed by atoms with Crippen LogP contribution in [-0.2, 0) is 38.6 Å². The first-order valence-electron chi connectivity index (χ1n) is 13.1. The van der Waals surface area contributed by atoms with E-state index >= 15 is 0 Å². The molecular formula is C29H54O8. The molecule has 8 heteroatoms. The molecule has 0 rings (SSSR count). The molecule has 0 aromatic rings. The summed E-state index contributed by atoms with van der Waals surface area (Å²) in [6, 6.07) is 0. The van der Waals surface area contributed by atoms with Crippen LogP contribution < -0.4 is 0 Å². The minimum atomic E-state index is -0.526. The third-order valence-corrected chi connectivity index (χ3v) is 4.74. The molecule has 0 N–H and O–H groups in total. The summed E-state index contributed by atoms with van der Waals surface area (Å²) in [6.45, 7) is 30.1. The van der Waals surface area contributed by atoms with Crippen LogP contribution in [0.25, 0.3) is 0 Å². The minimum Gasteiger partial charge on any atom is -0.459 e. The van der Waals surface area contributed by atoms with Crippen LogP contribution in [0.2, 0.25) is 0 Å². The summed E-state index contributed by atoms with van der Waals surface area (Å²) >= 11 is 0. The number of ether oxygens (including phenoxy) is 2. The average Bonchev–Trinajstić information content (AvgIpc) is 2.71. The predicted octanol–water partition coefficient (Wildman–Crippen LogP) is 7.41. The van der Waals surface area contributed by atoms with Crippen molar-refractivity contribution in [2.75, 3.05) is 0 Å². The predicted molar refractivity (Wildman–Crippen MR) is 146 cm³/mol. The SMILES string of the molecule is C=C(C)C(=O)OC(C)CC(C)(C)OOC(C)(C)C.CCC(C)(C)OOC=C(C)C(=O)OC(C)CC(C)C. The second-order valence-corrected chi connectivity index (χ2v) is 12.2. The molecule has 37 heavy (non-hydrogen) atoms. The maximum atomic E-state index is 11.7. The Hall–Kier alpha value is -1.90. The summed E-state index contributed by atoms with van der Waals surface area (Å²) in [6.07, 6.45) is 3.15. The van der Waals surface area contributed by atoms with E-state index in [4.69, 9.17) is 29.0 Å². The van der Waals surface area contributed by atoms with Gasteiger partial charge in [-0.1, -0.05) is 27.4 Å². The van der Waals surface area contributed by atoms with Gasteiger partial charge >= 0.3 is 11.9 Å². The molecule has 0 heterocycles. The molecular weight excluding hydrogens is 476 g/mol. The Balaban J connectivity index is 0. The zero-order chi connectivity index (χ0) is 29.6. The summed E-state index contributed by atoms with van der Waals surface area (Å²) in [5.74, 6) is -0.252. The molecule has 0 aromatic carbocycles. The van der Waals surface area contributed by atoms with Crippen molar-refractivity contribution in [3.8, 4) is 0 Å². The number of esters is 2. The summed E-state index contributed by atoms with van der Waals surface area (Å²) in [5.41, 5.74) is -0.475. The van der Waals surface area contributed by atoms with Gasteiger partial charge in [0.2, 0.25) is 0 Å². The Labute approximate surface area is 225 Å². The second-order valence-electron chi connectivity index (χ2n) is 12.2. The lowest BCUT2D eigenvalue weighted by atomic mass is 10.0. The number of hydrogen-bond donors (Lipinski definition) is 0. The summed E-state index contributed by atoms with van der Waals surface area (Å²) in [5, 5.41) is 0. The van der Waals surface area contributed by atoms with Gasteiger partial charge in [0.1, 0.15) is 23.6 Å². The van der Waals surface area contributed by atoms with E-state index in [9.17, 15) is 9.59 Å². The highest BCUT2D eigenvalue weighted by Crippen LogP contribution is 2.22. The molecule has 0 aliphatic heterocycles. The smallest absolute Gasteiger partial charge is 0.337 e. The van der Waals surface area contributed by atoms with Crippen molar-refractivity contribution in [1.82, 2.24) is 0 Å². The van der Waals surface area contributed by atoms with E-state index in [0.717, 1.165) is 12.8 Å². The minimum absolute atomic E-state index is 0.0937. The summed E-state index contributed by atoms with van der Waals surface area (Å²) in [4.78, 5) is 43.9. The molecule has 0 fully saturated rings. The first-order chi connectivity index (χ1) is 16.6. The van der Waals surface area contributed by atoms with Gasteiger partial charge in [0, 0.05) is 12.0 Å². The van der Waals surface area contributed by atoms with Crippen molar-refractivity contribution in [3.63, 3.8) is 0 Å².